The number of rotatable bonds is 1. The maximum absolute atomic E-state index is 11.1. The fourth-order valence-corrected chi connectivity index (χ4v) is 1.89. The molecule has 0 aliphatic rings. The van der Waals surface area contributed by atoms with E-state index < -0.39 is 6.09 Å². The summed E-state index contributed by atoms with van der Waals surface area (Å²) >= 11 is 0. The SMILES string of the molecule is O=C(O)[n+]1cccc2c(-c3nnco3)cccc21. The number of carbonyl (C=O) groups is 1. The first kappa shape index (κ1) is 10.4. The molecule has 3 rings (SSSR count). The molecule has 2 heterocycles. The van der Waals surface area contributed by atoms with E-state index >= 15 is 0 Å². The van der Waals surface area contributed by atoms with E-state index in [9.17, 15) is 4.79 Å². The van der Waals surface area contributed by atoms with E-state index in [-0.39, 0.29) is 0 Å². The first-order valence-electron chi connectivity index (χ1n) is 5.20. The van der Waals surface area contributed by atoms with Crippen molar-refractivity contribution in [3.05, 3.63) is 42.9 Å². The van der Waals surface area contributed by atoms with E-state index in [1.54, 1.807) is 18.2 Å². The van der Waals surface area contributed by atoms with Crippen molar-refractivity contribution >= 4 is 17.0 Å². The van der Waals surface area contributed by atoms with Crippen LogP contribution in [0.1, 0.15) is 0 Å². The van der Waals surface area contributed by atoms with Gasteiger partial charge < -0.3 is 9.52 Å². The Hall–Kier alpha value is -2.76. The molecule has 0 amide bonds. The lowest BCUT2D eigenvalue weighted by atomic mass is 10.1. The van der Waals surface area contributed by atoms with Gasteiger partial charge in [0, 0.05) is 12.1 Å². The molecule has 0 unspecified atom stereocenters. The van der Waals surface area contributed by atoms with Crippen molar-refractivity contribution < 1.29 is 18.9 Å². The fraction of sp³-hybridized carbons (Fsp3) is 0. The number of benzene rings is 1. The van der Waals surface area contributed by atoms with Gasteiger partial charge in [0.05, 0.1) is 10.9 Å². The lowest BCUT2D eigenvalue weighted by molar-refractivity contribution is -0.556. The molecule has 88 valence electrons. The van der Waals surface area contributed by atoms with E-state index in [1.165, 1.54) is 12.6 Å². The van der Waals surface area contributed by atoms with E-state index in [4.69, 9.17) is 9.52 Å². The first-order valence-corrected chi connectivity index (χ1v) is 5.20. The van der Waals surface area contributed by atoms with Crippen LogP contribution in [0.2, 0.25) is 0 Å². The molecule has 0 fully saturated rings. The van der Waals surface area contributed by atoms with Crippen LogP contribution in [-0.2, 0) is 0 Å². The summed E-state index contributed by atoms with van der Waals surface area (Å²) in [4.78, 5) is 11.1. The number of aromatic nitrogens is 3. The Morgan fingerprint density at radius 2 is 2.17 bits per heavy atom. The smallest absolute Gasteiger partial charge is 0.427 e. The van der Waals surface area contributed by atoms with E-state index in [0.717, 1.165) is 9.95 Å². The maximum atomic E-state index is 11.1. The second-order valence-corrected chi connectivity index (χ2v) is 3.64. The highest BCUT2D eigenvalue weighted by Gasteiger charge is 2.19. The Morgan fingerprint density at radius 1 is 1.28 bits per heavy atom. The number of carboxylic acid groups (broad SMARTS) is 1. The minimum atomic E-state index is -1.04. The van der Waals surface area contributed by atoms with Crippen LogP contribution in [0.3, 0.4) is 0 Å². The molecular formula is C12H8N3O3+. The summed E-state index contributed by atoms with van der Waals surface area (Å²) in [5.41, 5.74) is 1.28. The van der Waals surface area contributed by atoms with Crippen molar-refractivity contribution in [2.45, 2.75) is 0 Å². The molecule has 6 nitrogen and oxygen atoms in total. The molecule has 0 saturated carbocycles. The van der Waals surface area contributed by atoms with Gasteiger partial charge >= 0.3 is 6.09 Å². The molecule has 0 radical (unpaired) electrons. The second-order valence-electron chi connectivity index (χ2n) is 3.64. The van der Waals surface area contributed by atoms with Crippen molar-refractivity contribution in [1.82, 2.24) is 10.2 Å². The Bertz CT molecular complexity index is 723. The Kier molecular flexibility index (Phi) is 2.26. The molecule has 0 aliphatic heterocycles. The van der Waals surface area contributed by atoms with Crippen LogP contribution in [-0.4, -0.2) is 21.4 Å². The molecular weight excluding hydrogens is 234 g/mol. The molecule has 3 aromatic rings. The quantitative estimate of drug-likeness (QED) is 0.657. The van der Waals surface area contributed by atoms with Gasteiger partial charge in [-0.05, 0) is 12.1 Å². The molecule has 0 saturated heterocycles. The Balaban J connectivity index is 2.36. The molecule has 0 atom stereocenters. The van der Waals surface area contributed by atoms with Gasteiger partial charge in [-0.2, -0.15) is 4.79 Å². The van der Waals surface area contributed by atoms with Crippen molar-refractivity contribution in [2.75, 3.05) is 0 Å². The van der Waals surface area contributed by atoms with Crippen LogP contribution in [0.25, 0.3) is 22.4 Å². The van der Waals surface area contributed by atoms with Crippen molar-refractivity contribution in [1.29, 1.82) is 0 Å². The molecule has 0 spiro atoms. The predicted octanol–water partition coefficient (Wildman–Crippen LogP) is 1.70. The summed E-state index contributed by atoms with van der Waals surface area (Å²) < 4.78 is 6.30. The van der Waals surface area contributed by atoms with Crippen LogP contribution in [0, 0.1) is 0 Å². The maximum Gasteiger partial charge on any atom is 0.599 e. The second kappa shape index (κ2) is 3.92. The van der Waals surface area contributed by atoms with Crippen molar-refractivity contribution in [2.24, 2.45) is 0 Å². The van der Waals surface area contributed by atoms with Gasteiger partial charge in [-0.3, -0.25) is 0 Å². The van der Waals surface area contributed by atoms with Gasteiger partial charge in [0.1, 0.15) is 0 Å². The number of fused-ring (bicyclic) bond motifs is 1. The average molecular weight is 242 g/mol. The zero-order valence-corrected chi connectivity index (χ0v) is 9.15. The summed E-state index contributed by atoms with van der Waals surface area (Å²) in [6.07, 6.45) is 1.69. The van der Waals surface area contributed by atoms with E-state index in [0.29, 0.717) is 17.0 Å². The summed E-state index contributed by atoms with van der Waals surface area (Å²) in [5.74, 6) is 0.365. The highest BCUT2D eigenvalue weighted by atomic mass is 16.4. The summed E-state index contributed by atoms with van der Waals surface area (Å²) in [6, 6.07) is 8.76. The predicted molar refractivity (Wildman–Crippen MR) is 60.9 cm³/mol. The number of pyridine rings is 1. The fourth-order valence-electron chi connectivity index (χ4n) is 1.89. The standard InChI is InChI=1S/C12H7N3O3/c16-12(17)15-6-2-4-8-9(3-1-5-10(8)15)11-14-13-7-18-11/h1-7H/p+1. The third-order valence-corrected chi connectivity index (χ3v) is 2.64. The van der Waals surface area contributed by atoms with E-state index in [1.807, 2.05) is 12.1 Å². The molecule has 2 aromatic heterocycles. The number of hydrogen-bond donors (Lipinski definition) is 1. The number of nitrogens with zero attached hydrogens (tertiary/aromatic N) is 3. The summed E-state index contributed by atoms with van der Waals surface area (Å²) in [6.45, 7) is 0. The van der Waals surface area contributed by atoms with Gasteiger partial charge in [0.15, 0.2) is 6.20 Å². The van der Waals surface area contributed by atoms with Crippen LogP contribution in [0.15, 0.2) is 47.3 Å². The summed E-state index contributed by atoms with van der Waals surface area (Å²) in [7, 11) is 0. The molecule has 1 aromatic carbocycles. The van der Waals surface area contributed by atoms with Crippen LogP contribution < -0.4 is 4.57 Å². The molecule has 18 heavy (non-hydrogen) atoms. The molecule has 0 bridgehead atoms. The van der Waals surface area contributed by atoms with Gasteiger partial charge in [0.2, 0.25) is 17.8 Å². The molecule has 0 aliphatic carbocycles. The zero-order chi connectivity index (χ0) is 12.5. The first-order chi connectivity index (χ1) is 8.77. The van der Waals surface area contributed by atoms with Crippen LogP contribution in [0.5, 0.6) is 0 Å². The third kappa shape index (κ3) is 1.51. The normalized spacial score (nSPS) is 10.7. The monoisotopic (exact) mass is 242 g/mol. The van der Waals surface area contributed by atoms with Gasteiger partial charge in [0.25, 0.3) is 0 Å². The minimum Gasteiger partial charge on any atom is -0.427 e. The zero-order valence-electron chi connectivity index (χ0n) is 9.15. The number of hydrogen-bond acceptors (Lipinski definition) is 4. The lowest BCUT2D eigenvalue weighted by Gasteiger charge is -2.00. The van der Waals surface area contributed by atoms with Gasteiger partial charge in [-0.25, -0.2) is 0 Å². The van der Waals surface area contributed by atoms with Crippen molar-refractivity contribution in [3.63, 3.8) is 0 Å². The minimum absolute atomic E-state index is 0.365. The van der Waals surface area contributed by atoms with Gasteiger partial charge in [-0.15, -0.1) is 10.2 Å². The van der Waals surface area contributed by atoms with Gasteiger partial charge in [-0.1, -0.05) is 10.6 Å². The third-order valence-electron chi connectivity index (χ3n) is 2.64. The van der Waals surface area contributed by atoms with E-state index in [2.05, 4.69) is 10.2 Å². The molecule has 1 N–H and O–H groups in total. The Morgan fingerprint density at radius 3 is 2.89 bits per heavy atom. The molecule has 6 heteroatoms. The highest BCUT2D eigenvalue weighted by molar-refractivity contribution is 5.91. The van der Waals surface area contributed by atoms with Crippen LogP contribution >= 0.6 is 0 Å². The Labute approximate surface area is 101 Å². The highest BCUT2D eigenvalue weighted by Crippen LogP contribution is 2.24. The largest absolute Gasteiger partial charge is 0.599 e. The summed E-state index contributed by atoms with van der Waals surface area (Å²) in [5, 5.41) is 17.3. The van der Waals surface area contributed by atoms with Crippen molar-refractivity contribution in [3.8, 4) is 11.5 Å². The van der Waals surface area contributed by atoms with Crippen LogP contribution in [0.4, 0.5) is 4.79 Å². The average Bonchev–Trinajstić information content (AvgIpc) is 2.91. The topological polar surface area (TPSA) is 80.1 Å². The lowest BCUT2D eigenvalue weighted by Crippen LogP contribution is -2.41.